The molecule has 1 aliphatic rings. The van der Waals surface area contributed by atoms with Gasteiger partial charge >= 0.3 is 0 Å². The van der Waals surface area contributed by atoms with E-state index in [1.165, 1.54) is 0 Å². The molecule has 0 aliphatic carbocycles. The average molecular weight is 378 g/mol. The molecule has 1 aliphatic heterocycles. The first kappa shape index (κ1) is 19.6. The molecule has 28 heavy (non-hydrogen) atoms. The number of hydrogen-bond donors (Lipinski definition) is 0. The molecule has 1 atom stereocenters. The zero-order chi connectivity index (χ0) is 20.3. The third kappa shape index (κ3) is 4.22. The Kier molecular flexibility index (Phi) is 5.78. The van der Waals surface area contributed by atoms with Gasteiger partial charge in [-0.05, 0) is 36.8 Å². The van der Waals surface area contributed by atoms with Crippen molar-refractivity contribution in [2.24, 2.45) is 5.10 Å². The van der Waals surface area contributed by atoms with Crippen molar-refractivity contribution in [3.8, 4) is 0 Å². The first-order chi connectivity index (χ1) is 13.4. The van der Waals surface area contributed by atoms with Crippen molar-refractivity contribution in [2.45, 2.75) is 25.9 Å². The van der Waals surface area contributed by atoms with Gasteiger partial charge in [-0.15, -0.1) is 0 Å². The van der Waals surface area contributed by atoms with Crippen LogP contribution in [0, 0.1) is 0 Å². The molecule has 1 amide bonds. The number of ketones is 1. The summed E-state index contributed by atoms with van der Waals surface area (Å²) in [6.45, 7) is 2.03. The minimum Gasteiger partial charge on any atom is -0.378 e. The predicted molar refractivity (Wildman–Crippen MR) is 113 cm³/mol. The van der Waals surface area contributed by atoms with Crippen molar-refractivity contribution < 1.29 is 9.59 Å². The fraction of sp³-hybridized carbons (Fsp3) is 0.318. The number of Topliss-reactive ketones (excluding diaryl/α,β-unsaturated/α-hetero) is 1. The van der Waals surface area contributed by atoms with Gasteiger partial charge in [0.15, 0.2) is 5.78 Å². The Balaban J connectivity index is 1.74. The van der Waals surface area contributed by atoms with E-state index < -0.39 is 6.04 Å². The molecule has 0 saturated carbocycles. The summed E-state index contributed by atoms with van der Waals surface area (Å²) < 4.78 is 0. The van der Waals surface area contributed by atoms with Crippen LogP contribution in [0.4, 0.5) is 11.4 Å². The second kappa shape index (κ2) is 8.25. The van der Waals surface area contributed by atoms with E-state index in [4.69, 9.17) is 0 Å². The van der Waals surface area contributed by atoms with E-state index in [2.05, 4.69) is 5.10 Å². The Hall–Kier alpha value is -3.15. The number of para-hydroxylation sites is 1. The molecule has 2 aromatic carbocycles. The molecule has 2 aromatic rings. The molecule has 0 saturated heterocycles. The monoisotopic (exact) mass is 378 g/mol. The largest absolute Gasteiger partial charge is 0.378 e. The molecular weight excluding hydrogens is 352 g/mol. The zero-order valence-corrected chi connectivity index (χ0v) is 16.8. The van der Waals surface area contributed by atoms with Gasteiger partial charge in [0, 0.05) is 39.8 Å². The summed E-state index contributed by atoms with van der Waals surface area (Å²) in [5.41, 5.74) is 3.38. The quantitative estimate of drug-likeness (QED) is 0.776. The number of carbonyl (C=O) groups is 2. The first-order valence-corrected chi connectivity index (χ1v) is 9.30. The Morgan fingerprint density at radius 1 is 1.04 bits per heavy atom. The Labute approximate surface area is 166 Å². The molecule has 0 radical (unpaired) electrons. The van der Waals surface area contributed by atoms with E-state index in [0.717, 1.165) is 16.9 Å². The number of nitrogens with zero attached hydrogens (tertiary/aromatic N) is 4. The molecule has 1 unspecified atom stereocenters. The zero-order valence-electron chi connectivity index (χ0n) is 16.8. The van der Waals surface area contributed by atoms with E-state index in [1.54, 1.807) is 23.9 Å². The van der Waals surface area contributed by atoms with Crippen molar-refractivity contribution in [3.05, 3.63) is 60.2 Å². The van der Waals surface area contributed by atoms with Crippen LogP contribution in [0.15, 0.2) is 59.7 Å². The number of anilines is 2. The van der Waals surface area contributed by atoms with Crippen molar-refractivity contribution in [2.75, 3.05) is 31.1 Å². The van der Waals surface area contributed by atoms with Crippen LogP contribution in [0.2, 0.25) is 0 Å². The van der Waals surface area contributed by atoms with Crippen LogP contribution < -0.4 is 9.91 Å². The fourth-order valence-electron chi connectivity index (χ4n) is 3.24. The highest BCUT2D eigenvalue weighted by Gasteiger charge is 2.35. The predicted octanol–water partition coefficient (Wildman–Crippen LogP) is 2.93. The van der Waals surface area contributed by atoms with Gasteiger partial charge in [0.2, 0.25) is 0 Å². The van der Waals surface area contributed by atoms with Gasteiger partial charge in [-0.3, -0.25) is 14.6 Å². The van der Waals surface area contributed by atoms with Crippen LogP contribution in [0.3, 0.4) is 0 Å². The molecule has 0 N–H and O–H groups in total. The summed E-state index contributed by atoms with van der Waals surface area (Å²) in [7, 11) is 5.75. The summed E-state index contributed by atoms with van der Waals surface area (Å²) in [4.78, 5) is 28.7. The summed E-state index contributed by atoms with van der Waals surface area (Å²) in [5.74, 6) is -0.154. The molecule has 0 bridgehead atoms. The highest BCUT2D eigenvalue weighted by atomic mass is 16.2. The lowest BCUT2D eigenvalue weighted by Gasteiger charge is -2.20. The summed E-state index contributed by atoms with van der Waals surface area (Å²) >= 11 is 0. The maximum atomic E-state index is 12.9. The third-order valence-electron chi connectivity index (χ3n) is 4.87. The summed E-state index contributed by atoms with van der Waals surface area (Å²) in [6.07, 6.45) is 0.326. The van der Waals surface area contributed by atoms with Crippen molar-refractivity contribution in [3.63, 3.8) is 0 Å². The second-order valence-electron chi connectivity index (χ2n) is 7.28. The molecule has 6 heteroatoms. The number of amides is 1. The Bertz CT molecular complexity index is 875. The van der Waals surface area contributed by atoms with E-state index in [0.29, 0.717) is 18.7 Å². The lowest BCUT2D eigenvalue weighted by molar-refractivity contribution is -0.123. The molecular formula is C22H26N4O2. The van der Waals surface area contributed by atoms with Crippen LogP contribution in [-0.4, -0.2) is 49.5 Å². The van der Waals surface area contributed by atoms with E-state index in [1.807, 2.05) is 73.6 Å². The maximum Gasteiger partial charge on any atom is 0.270 e. The SMILES string of the molecule is CC(=O)C1CC(C(=O)N(C)Cc2ccc(N(C)C)cc2)=NN1c1ccccc1. The number of hydrogen-bond acceptors (Lipinski definition) is 5. The molecule has 1 heterocycles. The number of benzene rings is 2. The normalized spacial score (nSPS) is 15.9. The maximum absolute atomic E-state index is 12.9. The van der Waals surface area contributed by atoms with Gasteiger partial charge in [-0.2, -0.15) is 5.10 Å². The van der Waals surface area contributed by atoms with Gasteiger partial charge in [-0.25, -0.2) is 0 Å². The summed E-state index contributed by atoms with van der Waals surface area (Å²) in [6, 6.07) is 17.1. The highest BCUT2D eigenvalue weighted by Crippen LogP contribution is 2.25. The van der Waals surface area contributed by atoms with Crippen molar-refractivity contribution in [1.29, 1.82) is 0 Å². The smallest absolute Gasteiger partial charge is 0.270 e. The minimum absolute atomic E-state index is 0.00247. The topological polar surface area (TPSA) is 56.2 Å². The molecule has 0 fully saturated rings. The van der Waals surface area contributed by atoms with Crippen LogP contribution >= 0.6 is 0 Å². The van der Waals surface area contributed by atoms with Crippen molar-refractivity contribution in [1.82, 2.24) is 4.90 Å². The van der Waals surface area contributed by atoms with Crippen LogP contribution in [-0.2, 0) is 16.1 Å². The lowest BCUT2D eigenvalue weighted by atomic mass is 10.1. The lowest BCUT2D eigenvalue weighted by Crippen LogP contribution is -2.35. The van der Waals surface area contributed by atoms with Crippen LogP contribution in [0.25, 0.3) is 0 Å². The third-order valence-corrected chi connectivity index (χ3v) is 4.87. The molecule has 146 valence electrons. The minimum atomic E-state index is -0.436. The fourth-order valence-corrected chi connectivity index (χ4v) is 3.24. The van der Waals surface area contributed by atoms with Gasteiger partial charge < -0.3 is 9.80 Å². The van der Waals surface area contributed by atoms with Crippen molar-refractivity contribution >= 4 is 28.8 Å². The van der Waals surface area contributed by atoms with Crippen LogP contribution in [0.5, 0.6) is 0 Å². The second-order valence-corrected chi connectivity index (χ2v) is 7.28. The average Bonchev–Trinajstić information content (AvgIpc) is 3.14. The van der Waals surface area contributed by atoms with Gasteiger partial charge in [0.05, 0.1) is 5.69 Å². The number of hydrazone groups is 1. The molecule has 0 aromatic heterocycles. The Morgan fingerprint density at radius 2 is 1.68 bits per heavy atom. The standard InChI is InChI=1S/C22H26N4O2/c1-16(27)21-14-20(23-26(21)19-8-6-5-7-9-19)22(28)25(4)15-17-10-12-18(13-11-17)24(2)3/h5-13,21H,14-15H2,1-4H3. The number of rotatable bonds is 6. The molecule has 0 spiro atoms. The molecule has 3 rings (SSSR count). The van der Waals surface area contributed by atoms with E-state index in [9.17, 15) is 9.59 Å². The van der Waals surface area contributed by atoms with Gasteiger partial charge in [-0.1, -0.05) is 30.3 Å². The Morgan fingerprint density at radius 3 is 2.25 bits per heavy atom. The van der Waals surface area contributed by atoms with Crippen LogP contribution in [0.1, 0.15) is 18.9 Å². The van der Waals surface area contributed by atoms with Gasteiger partial charge in [0.1, 0.15) is 11.8 Å². The van der Waals surface area contributed by atoms with E-state index in [-0.39, 0.29) is 11.7 Å². The summed E-state index contributed by atoms with van der Waals surface area (Å²) in [5, 5.41) is 6.15. The van der Waals surface area contributed by atoms with Gasteiger partial charge in [0.25, 0.3) is 5.91 Å². The first-order valence-electron chi connectivity index (χ1n) is 9.30. The molecule has 6 nitrogen and oxygen atoms in total. The number of carbonyl (C=O) groups excluding carboxylic acids is 2. The highest BCUT2D eigenvalue weighted by molar-refractivity contribution is 6.40. The van der Waals surface area contributed by atoms with E-state index >= 15 is 0 Å².